The molecule has 170 valence electrons. The molecule has 2 aromatic heterocycles. The second kappa shape index (κ2) is 9.23. The summed E-state index contributed by atoms with van der Waals surface area (Å²) in [4.78, 5) is 16.4. The predicted octanol–water partition coefficient (Wildman–Crippen LogP) is 5.89. The zero-order valence-electron chi connectivity index (χ0n) is 17.6. The summed E-state index contributed by atoms with van der Waals surface area (Å²) in [6, 6.07) is 16.5. The van der Waals surface area contributed by atoms with Crippen molar-refractivity contribution >= 4 is 28.4 Å². The number of aromatic nitrogens is 3. The number of pyridine rings is 1. The predicted molar refractivity (Wildman–Crippen MR) is 119 cm³/mol. The van der Waals surface area contributed by atoms with E-state index >= 15 is 0 Å². The van der Waals surface area contributed by atoms with E-state index in [4.69, 9.17) is 16.3 Å². The van der Waals surface area contributed by atoms with Gasteiger partial charge in [0.25, 0.3) is 0 Å². The van der Waals surface area contributed by atoms with Crippen LogP contribution in [0.5, 0.6) is 5.88 Å². The number of carbonyl (C=O) groups is 1. The Morgan fingerprint density at radius 2 is 1.79 bits per heavy atom. The Bertz CT molecular complexity index is 1290. The molecule has 0 unspecified atom stereocenters. The number of hydrogen-bond donors (Lipinski definition) is 0. The van der Waals surface area contributed by atoms with Gasteiger partial charge in [-0.15, -0.1) is 0 Å². The van der Waals surface area contributed by atoms with Crippen molar-refractivity contribution in [3.8, 4) is 17.1 Å². The summed E-state index contributed by atoms with van der Waals surface area (Å²) in [6.45, 7) is -0.382. The van der Waals surface area contributed by atoms with Crippen molar-refractivity contribution in [1.29, 1.82) is 0 Å². The molecule has 0 fully saturated rings. The third kappa shape index (κ3) is 5.17. The van der Waals surface area contributed by atoms with Crippen LogP contribution in [0.25, 0.3) is 22.3 Å². The number of hydrogen-bond acceptors (Lipinski definition) is 4. The molecule has 4 rings (SSSR count). The number of ether oxygens (including phenoxy) is 1. The molecule has 2 heterocycles. The molecule has 4 aromatic rings. The molecule has 0 atom stereocenters. The summed E-state index contributed by atoms with van der Waals surface area (Å²) in [5.74, 6) is -0.535. The van der Waals surface area contributed by atoms with Gasteiger partial charge in [0.2, 0.25) is 5.88 Å². The number of alkyl halides is 3. The Balaban J connectivity index is 1.58. The zero-order chi connectivity index (χ0) is 23.6. The van der Waals surface area contributed by atoms with Gasteiger partial charge in [0.1, 0.15) is 12.3 Å². The molecule has 0 amide bonds. The lowest BCUT2D eigenvalue weighted by Gasteiger charge is -2.12. The molecule has 2 aromatic carbocycles. The van der Waals surface area contributed by atoms with E-state index in [1.165, 1.54) is 11.7 Å². The number of aryl methyl sites for hydroxylation is 2. The number of nitrogens with zero attached hydrogens (tertiary/aromatic N) is 3. The minimum absolute atomic E-state index is 0.0206. The van der Waals surface area contributed by atoms with Gasteiger partial charge in [0.05, 0.1) is 10.9 Å². The Morgan fingerprint density at radius 1 is 1.09 bits per heavy atom. The van der Waals surface area contributed by atoms with Crippen molar-refractivity contribution in [2.75, 3.05) is 6.61 Å². The molecule has 9 heteroatoms. The third-order valence-corrected chi connectivity index (χ3v) is 5.36. The van der Waals surface area contributed by atoms with E-state index in [-0.39, 0.29) is 41.4 Å². The first-order valence-corrected chi connectivity index (χ1v) is 10.5. The molecule has 5 nitrogen and oxygen atoms in total. The van der Waals surface area contributed by atoms with Gasteiger partial charge in [-0.3, -0.25) is 4.79 Å². The lowest BCUT2D eigenvalue weighted by Crippen LogP contribution is -2.14. The molecule has 0 saturated carbocycles. The van der Waals surface area contributed by atoms with Gasteiger partial charge in [-0.25, -0.2) is 4.68 Å². The lowest BCUT2D eigenvalue weighted by molar-refractivity contribution is -0.136. The van der Waals surface area contributed by atoms with E-state index < -0.39 is 11.7 Å². The zero-order valence-corrected chi connectivity index (χ0v) is 18.3. The van der Waals surface area contributed by atoms with Crippen LogP contribution in [0.3, 0.4) is 0 Å². The second-order valence-electron chi connectivity index (χ2n) is 7.50. The Hall–Kier alpha value is -3.39. The van der Waals surface area contributed by atoms with Gasteiger partial charge >= 0.3 is 6.18 Å². The van der Waals surface area contributed by atoms with Gasteiger partial charge in [0, 0.05) is 30.1 Å². The number of halogens is 4. The van der Waals surface area contributed by atoms with Crippen LogP contribution in [0.4, 0.5) is 13.2 Å². The van der Waals surface area contributed by atoms with Crippen LogP contribution < -0.4 is 4.74 Å². The van der Waals surface area contributed by atoms with E-state index in [9.17, 15) is 18.0 Å². The van der Waals surface area contributed by atoms with Crippen LogP contribution in [-0.2, 0) is 24.4 Å². The van der Waals surface area contributed by atoms with Crippen LogP contribution >= 0.6 is 11.6 Å². The van der Waals surface area contributed by atoms with Crippen LogP contribution in [0.1, 0.15) is 17.5 Å². The number of rotatable bonds is 7. The van der Waals surface area contributed by atoms with E-state index in [2.05, 4.69) is 10.1 Å². The highest BCUT2D eigenvalue weighted by atomic mass is 35.5. The summed E-state index contributed by atoms with van der Waals surface area (Å²) in [6.07, 6.45) is -4.01. The van der Waals surface area contributed by atoms with Crippen molar-refractivity contribution in [3.63, 3.8) is 0 Å². The first-order chi connectivity index (χ1) is 15.7. The highest BCUT2D eigenvalue weighted by molar-refractivity contribution is 6.30. The maximum Gasteiger partial charge on any atom is 0.417 e. The number of Topliss-reactive ketones (excluding diaryl/α,β-unsaturated/α-hetero) is 1. The summed E-state index contributed by atoms with van der Waals surface area (Å²) in [5, 5.41) is 4.75. The van der Waals surface area contributed by atoms with Crippen molar-refractivity contribution in [1.82, 2.24) is 14.8 Å². The summed E-state index contributed by atoms with van der Waals surface area (Å²) in [5.41, 5.74) is 0.755. The Labute approximate surface area is 192 Å². The van der Waals surface area contributed by atoms with Crippen LogP contribution in [-0.4, -0.2) is 27.2 Å². The fraction of sp³-hybridized carbons (Fsp3) is 0.208. The highest BCUT2D eigenvalue weighted by Gasteiger charge is 2.36. The maximum atomic E-state index is 13.9. The van der Waals surface area contributed by atoms with E-state index in [1.807, 2.05) is 12.1 Å². The molecular formula is C24H19ClF3N3O2. The van der Waals surface area contributed by atoms with E-state index in [0.29, 0.717) is 17.0 Å². The molecule has 0 N–H and O–H groups in total. The molecular weight excluding hydrogens is 455 g/mol. The Kier molecular flexibility index (Phi) is 6.37. The van der Waals surface area contributed by atoms with Gasteiger partial charge < -0.3 is 4.74 Å². The van der Waals surface area contributed by atoms with E-state index in [0.717, 1.165) is 11.6 Å². The van der Waals surface area contributed by atoms with Gasteiger partial charge in [-0.2, -0.15) is 23.3 Å². The van der Waals surface area contributed by atoms with Gasteiger partial charge in [-0.05, 0) is 24.1 Å². The topological polar surface area (TPSA) is 57.0 Å². The molecule has 0 aliphatic rings. The summed E-state index contributed by atoms with van der Waals surface area (Å²) in [7, 11) is 1.52. The van der Waals surface area contributed by atoms with Crippen LogP contribution in [0, 0.1) is 0 Å². The highest BCUT2D eigenvalue weighted by Crippen LogP contribution is 2.40. The summed E-state index contributed by atoms with van der Waals surface area (Å²) >= 11 is 5.85. The fourth-order valence-electron chi connectivity index (χ4n) is 3.48. The number of ketones is 1. The maximum absolute atomic E-state index is 13.9. The number of fused-ring (bicyclic) bond motifs is 1. The van der Waals surface area contributed by atoms with Crippen molar-refractivity contribution in [2.24, 2.45) is 7.05 Å². The average molecular weight is 474 g/mol. The van der Waals surface area contributed by atoms with Gasteiger partial charge in [-0.1, -0.05) is 54.1 Å². The molecule has 0 spiro atoms. The first-order valence-electron chi connectivity index (χ1n) is 10.1. The van der Waals surface area contributed by atoms with Crippen molar-refractivity contribution in [3.05, 3.63) is 76.8 Å². The monoisotopic (exact) mass is 473 g/mol. The minimum Gasteiger partial charge on any atom is -0.470 e. The summed E-state index contributed by atoms with van der Waals surface area (Å²) < 4.78 is 48.5. The van der Waals surface area contributed by atoms with Crippen molar-refractivity contribution < 1.29 is 22.7 Å². The van der Waals surface area contributed by atoms with Crippen LogP contribution in [0.15, 0.2) is 60.7 Å². The SMILES string of the molecule is Cn1nc(-c2ccccc2)c2c(C(F)(F)F)cc(OCC(=O)CCc3ccc(Cl)cc3)nc21. The number of carbonyl (C=O) groups excluding carboxylic acids is 1. The minimum atomic E-state index is -4.66. The van der Waals surface area contributed by atoms with Crippen molar-refractivity contribution in [2.45, 2.75) is 19.0 Å². The fourth-order valence-corrected chi connectivity index (χ4v) is 3.61. The molecule has 0 bridgehead atoms. The second-order valence-corrected chi connectivity index (χ2v) is 7.93. The quantitative estimate of drug-likeness (QED) is 0.336. The number of benzene rings is 2. The third-order valence-electron chi connectivity index (χ3n) is 5.11. The molecule has 0 radical (unpaired) electrons. The smallest absolute Gasteiger partial charge is 0.417 e. The molecule has 33 heavy (non-hydrogen) atoms. The first kappa shape index (κ1) is 22.8. The average Bonchev–Trinajstić information content (AvgIpc) is 3.13. The normalized spacial score (nSPS) is 11.7. The lowest BCUT2D eigenvalue weighted by atomic mass is 10.0. The molecule has 0 aliphatic heterocycles. The Morgan fingerprint density at radius 3 is 2.45 bits per heavy atom. The molecule has 0 aliphatic carbocycles. The van der Waals surface area contributed by atoms with Gasteiger partial charge in [0.15, 0.2) is 11.4 Å². The standard InChI is InChI=1S/C24H19ClF3N3O2/c1-31-23-21(22(30-31)16-5-3-2-4-6-16)19(24(26,27)28)13-20(29-23)33-14-18(32)12-9-15-7-10-17(25)11-8-15/h2-8,10-11,13H,9,12,14H2,1H3. The largest absolute Gasteiger partial charge is 0.470 e. The van der Waals surface area contributed by atoms with Crippen LogP contribution in [0.2, 0.25) is 5.02 Å². The van der Waals surface area contributed by atoms with E-state index in [1.54, 1.807) is 42.5 Å². The molecule has 0 saturated heterocycles.